The van der Waals surface area contributed by atoms with E-state index in [9.17, 15) is 5.11 Å². The first-order valence-electron chi connectivity index (χ1n) is 6.41. The molecule has 0 heterocycles. The molecule has 0 saturated heterocycles. The van der Waals surface area contributed by atoms with Gasteiger partial charge in [-0.25, -0.2) is 0 Å². The first-order chi connectivity index (χ1) is 9.69. The predicted octanol–water partition coefficient (Wildman–Crippen LogP) is 3.28. The van der Waals surface area contributed by atoms with Crippen molar-refractivity contribution in [3.63, 3.8) is 0 Å². The van der Waals surface area contributed by atoms with Gasteiger partial charge in [0.25, 0.3) is 0 Å². The van der Waals surface area contributed by atoms with E-state index in [1.165, 1.54) is 0 Å². The molecule has 0 aromatic heterocycles. The molecule has 2 aromatic rings. The highest BCUT2D eigenvalue weighted by molar-refractivity contribution is 6.32. The van der Waals surface area contributed by atoms with Crippen LogP contribution < -0.4 is 5.32 Å². The van der Waals surface area contributed by atoms with Crippen LogP contribution in [0.1, 0.15) is 22.7 Å². The summed E-state index contributed by atoms with van der Waals surface area (Å²) in [5.41, 5.74) is 3.53. The van der Waals surface area contributed by atoms with Crippen molar-refractivity contribution in [2.75, 3.05) is 5.32 Å². The van der Waals surface area contributed by atoms with E-state index in [4.69, 9.17) is 16.9 Å². The van der Waals surface area contributed by atoms with Crippen molar-refractivity contribution < 1.29 is 5.11 Å². The van der Waals surface area contributed by atoms with Crippen LogP contribution in [0.4, 0.5) is 5.69 Å². The van der Waals surface area contributed by atoms with Gasteiger partial charge in [-0.1, -0.05) is 35.9 Å². The van der Waals surface area contributed by atoms with Crippen molar-refractivity contribution in [3.05, 3.63) is 64.2 Å². The Morgan fingerprint density at radius 2 is 2.05 bits per heavy atom. The van der Waals surface area contributed by atoms with Crippen LogP contribution in [0.5, 0.6) is 0 Å². The normalized spacial score (nSPS) is 20.2. The predicted molar refractivity (Wildman–Crippen MR) is 78.7 cm³/mol. The Balaban J connectivity index is 1.88. The number of anilines is 1. The van der Waals surface area contributed by atoms with Crippen LogP contribution in [0.15, 0.2) is 42.5 Å². The second-order valence-corrected chi connectivity index (χ2v) is 5.31. The van der Waals surface area contributed by atoms with Crippen LogP contribution >= 0.6 is 11.6 Å². The summed E-state index contributed by atoms with van der Waals surface area (Å²) in [6.45, 7) is 0. The lowest BCUT2D eigenvalue weighted by atomic mass is 10.1. The third-order valence-electron chi connectivity index (χ3n) is 3.62. The Bertz CT molecular complexity index is 693. The number of rotatable bonds is 2. The zero-order chi connectivity index (χ0) is 14.1. The molecule has 1 aliphatic carbocycles. The van der Waals surface area contributed by atoms with Gasteiger partial charge in [-0.2, -0.15) is 5.26 Å². The van der Waals surface area contributed by atoms with E-state index in [0.29, 0.717) is 17.0 Å². The van der Waals surface area contributed by atoms with Crippen molar-refractivity contribution in [3.8, 4) is 6.07 Å². The average Bonchev–Trinajstić information content (AvgIpc) is 2.76. The quantitative estimate of drug-likeness (QED) is 0.890. The van der Waals surface area contributed by atoms with Crippen LogP contribution in [-0.2, 0) is 6.42 Å². The van der Waals surface area contributed by atoms with Gasteiger partial charge in [0.05, 0.1) is 22.7 Å². The minimum absolute atomic E-state index is 0.143. The second kappa shape index (κ2) is 5.16. The molecule has 2 aromatic carbocycles. The summed E-state index contributed by atoms with van der Waals surface area (Å²) in [4.78, 5) is 0. The standard InChI is InChI=1S/C16H13ClN2O/c17-14-8-12(6-5-11(14)9-18)19-16-13-4-2-1-3-10(13)7-15(16)20/h1-6,8,15-16,19-20H,7H2/t15-,16+/m1/s1. The van der Waals surface area contributed by atoms with Gasteiger partial charge in [0.2, 0.25) is 0 Å². The molecular formula is C16H13ClN2O. The van der Waals surface area contributed by atoms with Gasteiger partial charge in [-0.05, 0) is 29.3 Å². The van der Waals surface area contributed by atoms with Crippen molar-refractivity contribution in [2.45, 2.75) is 18.6 Å². The Morgan fingerprint density at radius 3 is 2.80 bits per heavy atom. The van der Waals surface area contributed by atoms with Crippen LogP contribution in [-0.4, -0.2) is 11.2 Å². The van der Waals surface area contributed by atoms with Crippen molar-refractivity contribution in [1.82, 2.24) is 0 Å². The highest BCUT2D eigenvalue weighted by Crippen LogP contribution is 2.34. The number of fused-ring (bicyclic) bond motifs is 1. The second-order valence-electron chi connectivity index (χ2n) is 4.90. The minimum Gasteiger partial charge on any atom is -0.390 e. The fraction of sp³-hybridized carbons (Fsp3) is 0.188. The molecule has 0 amide bonds. The molecule has 0 bridgehead atoms. The largest absolute Gasteiger partial charge is 0.390 e. The molecule has 2 N–H and O–H groups in total. The Hall–Kier alpha value is -2.02. The lowest BCUT2D eigenvalue weighted by Crippen LogP contribution is -2.21. The van der Waals surface area contributed by atoms with Gasteiger partial charge in [-0.15, -0.1) is 0 Å². The van der Waals surface area contributed by atoms with E-state index < -0.39 is 6.10 Å². The first-order valence-corrected chi connectivity index (χ1v) is 6.79. The van der Waals surface area contributed by atoms with Crippen LogP contribution in [0.25, 0.3) is 0 Å². The molecule has 100 valence electrons. The molecular weight excluding hydrogens is 272 g/mol. The van der Waals surface area contributed by atoms with Crippen LogP contribution in [0, 0.1) is 11.3 Å². The van der Waals surface area contributed by atoms with Gasteiger partial charge in [0.15, 0.2) is 0 Å². The summed E-state index contributed by atoms with van der Waals surface area (Å²) in [6.07, 6.45) is 0.194. The maximum absolute atomic E-state index is 10.2. The molecule has 0 unspecified atom stereocenters. The van der Waals surface area contributed by atoms with Crippen molar-refractivity contribution in [1.29, 1.82) is 5.26 Å². The number of hydrogen-bond acceptors (Lipinski definition) is 3. The summed E-state index contributed by atoms with van der Waals surface area (Å²) in [6, 6.07) is 15.1. The number of halogens is 1. The average molecular weight is 285 g/mol. The van der Waals surface area contributed by atoms with E-state index in [0.717, 1.165) is 16.8 Å². The Labute approximate surface area is 122 Å². The fourth-order valence-electron chi connectivity index (χ4n) is 2.62. The van der Waals surface area contributed by atoms with Gasteiger partial charge in [-0.3, -0.25) is 0 Å². The van der Waals surface area contributed by atoms with Crippen LogP contribution in [0.2, 0.25) is 5.02 Å². The number of hydrogen-bond donors (Lipinski definition) is 2. The lowest BCUT2D eigenvalue weighted by Gasteiger charge is -2.19. The highest BCUT2D eigenvalue weighted by Gasteiger charge is 2.30. The zero-order valence-electron chi connectivity index (χ0n) is 10.7. The van der Waals surface area contributed by atoms with Gasteiger partial charge >= 0.3 is 0 Å². The molecule has 0 aliphatic heterocycles. The third-order valence-corrected chi connectivity index (χ3v) is 3.93. The maximum atomic E-state index is 10.2. The molecule has 0 saturated carbocycles. The summed E-state index contributed by atoms with van der Waals surface area (Å²) in [5.74, 6) is 0. The number of aliphatic hydroxyl groups is 1. The summed E-state index contributed by atoms with van der Waals surface area (Å²) < 4.78 is 0. The summed E-state index contributed by atoms with van der Waals surface area (Å²) in [5, 5.41) is 22.8. The van der Waals surface area contributed by atoms with Crippen molar-refractivity contribution >= 4 is 17.3 Å². The highest BCUT2D eigenvalue weighted by atomic mass is 35.5. The molecule has 3 nitrogen and oxygen atoms in total. The van der Waals surface area contributed by atoms with Crippen molar-refractivity contribution in [2.24, 2.45) is 0 Å². The van der Waals surface area contributed by atoms with Crippen LogP contribution in [0.3, 0.4) is 0 Å². The maximum Gasteiger partial charge on any atom is 0.101 e. The molecule has 2 atom stereocenters. The van der Waals surface area contributed by atoms with E-state index in [1.807, 2.05) is 30.3 Å². The van der Waals surface area contributed by atoms with E-state index in [1.54, 1.807) is 18.2 Å². The molecule has 3 rings (SSSR count). The molecule has 20 heavy (non-hydrogen) atoms. The number of benzene rings is 2. The Morgan fingerprint density at radius 1 is 1.25 bits per heavy atom. The number of aliphatic hydroxyl groups excluding tert-OH is 1. The minimum atomic E-state index is -0.457. The number of nitrogens with zero attached hydrogens (tertiary/aromatic N) is 1. The summed E-state index contributed by atoms with van der Waals surface area (Å²) >= 11 is 6.03. The molecule has 0 radical (unpaired) electrons. The molecule has 4 heteroatoms. The topological polar surface area (TPSA) is 56.0 Å². The smallest absolute Gasteiger partial charge is 0.101 e. The zero-order valence-corrected chi connectivity index (χ0v) is 11.4. The molecule has 0 spiro atoms. The first kappa shape index (κ1) is 13.0. The Kier molecular flexibility index (Phi) is 3.35. The molecule has 1 aliphatic rings. The number of nitriles is 1. The fourth-order valence-corrected chi connectivity index (χ4v) is 2.85. The SMILES string of the molecule is N#Cc1ccc(N[C@H]2c3ccccc3C[C@H]2O)cc1Cl. The third kappa shape index (κ3) is 2.24. The van der Waals surface area contributed by atoms with E-state index in [2.05, 4.69) is 5.32 Å². The van der Waals surface area contributed by atoms with Gasteiger partial charge in [0, 0.05) is 12.1 Å². The summed E-state index contributed by atoms with van der Waals surface area (Å²) in [7, 11) is 0. The van der Waals surface area contributed by atoms with Gasteiger partial charge < -0.3 is 10.4 Å². The van der Waals surface area contributed by atoms with E-state index in [-0.39, 0.29) is 6.04 Å². The monoisotopic (exact) mass is 284 g/mol. The molecule has 0 fully saturated rings. The van der Waals surface area contributed by atoms with Gasteiger partial charge in [0.1, 0.15) is 6.07 Å². The number of nitrogens with one attached hydrogen (secondary N) is 1. The van der Waals surface area contributed by atoms with E-state index >= 15 is 0 Å². The lowest BCUT2D eigenvalue weighted by molar-refractivity contribution is 0.166.